The van der Waals surface area contributed by atoms with E-state index in [4.69, 9.17) is 10.5 Å². The zero-order chi connectivity index (χ0) is 14.3. The Labute approximate surface area is 117 Å². The predicted molar refractivity (Wildman–Crippen MR) is 77.0 cm³/mol. The predicted octanol–water partition coefficient (Wildman–Crippen LogP) is 0.683. The Bertz CT molecular complexity index is 269. The molecule has 0 aromatic carbocycles. The Morgan fingerprint density at radius 2 is 2.16 bits per heavy atom. The second-order valence-electron chi connectivity index (χ2n) is 5.19. The van der Waals surface area contributed by atoms with Crippen molar-refractivity contribution in [3.8, 4) is 0 Å². The lowest BCUT2D eigenvalue weighted by molar-refractivity contribution is -0.131. The van der Waals surface area contributed by atoms with Gasteiger partial charge in [-0.3, -0.25) is 9.69 Å². The molecule has 0 aromatic heterocycles. The minimum absolute atomic E-state index is 0.103. The number of nitrogens with zero attached hydrogens (tertiary/aromatic N) is 2. The molecule has 1 amide bonds. The maximum absolute atomic E-state index is 12.2. The lowest BCUT2D eigenvalue weighted by Crippen LogP contribution is -2.44. The number of methoxy groups -OCH3 is 1. The van der Waals surface area contributed by atoms with Crippen molar-refractivity contribution in [2.75, 3.05) is 39.9 Å². The lowest BCUT2D eigenvalue weighted by Gasteiger charge is -2.26. The molecule has 1 rings (SSSR count). The molecule has 0 spiro atoms. The fourth-order valence-electron chi connectivity index (χ4n) is 2.79. The zero-order valence-corrected chi connectivity index (χ0v) is 12.6. The molecule has 0 aromatic rings. The molecule has 1 aliphatic rings. The van der Waals surface area contributed by atoms with Crippen LogP contribution < -0.4 is 5.73 Å². The third kappa shape index (κ3) is 4.75. The topological polar surface area (TPSA) is 58.8 Å². The highest BCUT2D eigenvalue weighted by molar-refractivity contribution is 5.81. The summed E-state index contributed by atoms with van der Waals surface area (Å²) >= 11 is 0. The molecule has 1 heterocycles. The number of rotatable bonds is 8. The number of hydrogen-bond acceptors (Lipinski definition) is 4. The first kappa shape index (κ1) is 16.4. The summed E-state index contributed by atoms with van der Waals surface area (Å²) in [5.41, 5.74) is 5.96. The molecule has 2 unspecified atom stereocenters. The summed E-state index contributed by atoms with van der Waals surface area (Å²) in [6.45, 7) is 8.78. The molecule has 19 heavy (non-hydrogen) atoms. The van der Waals surface area contributed by atoms with Crippen molar-refractivity contribution in [2.24, 2.45) is 5.73 Å². The van der Waals surface area contributed by atoms with Crippen LogP contribution in [0, 0.1) is 0 Å². The van der Waals surface area contributed by atoms with E-state index in [1.807, 2.05) is 4.90 Å². The molecule has 2 atom stereocenters. The second-order valence-corrected chi connectivity index (χ2v) is 5.19. The van der Waals surface area contributed by atoms with E-state index in [9.17, 15) is 4.79 Å². The molecule has 2 N–H and O–H groups in total. The number of hydrogen-bond donors (Lipinski definition) is 1. The second kappa shape index (κ2) is 8.51. The van der Waals surface area contributed by atoms with Crippen molar-refractivity contribution in [1.82, 2.24) is 9.80 Å². The Balaban J connectivity index is 2.38. The number of ether oxygens (including phenoxy) is 1. The van der Waals surface area contributed by atoms with Crippen LogP contribution >= 0.6 is 0 Å². The van der Waals surface area contributed by atoms with Crippen molar-refractivity contribution < 1.29 is 9.53 Å². The van der Waals surface area contributed by atoms with Crippen LogP contribution in [0.15, 0.2) is 0 Å². The summed E-state index contributed by atoms with van der Waals surface area (Å²) in [6, 6.07) is 0.135. The first-order chi connectivity index (χ1) is 9.13. The van der Waals surface area contributed by atoms with Crippen LogP contribution in [0.5, 0.6) is 0 Å². The van der Waals surface area contributed by atoms with Crippen molar-refractivity contribution >= 4 is 5.91 Å². The van der Waals surface area contributed by atoms with E-state index in [2.05, 4.69) is 18.7 Å². The Kier molecular flexibility index (Phi) is 7.34. The van der Waals surface area contributed by atoms with E-state index in [0.717, 1.165) is 39.0 Å². The molecule has 1 saturated heterocycles. The van der Waals surface area contributed by atoms with Crippen LogP contribution in [0.25, 0.3) is 0 Å². The standard InChI is InChI=1S/C14H29N3O2/c1-4-16(5-2)12-8-9-17(11-12)14(18)13(15)7-6-10-19-3/h12-13H,4-11,15H2,1-3H3. The van der Waals surface area contributed by atoms with Gasteiger partial charge in [-0.2, -0.15) is 0 Å². The normalized spacial score (nSPS) is 21.1. The largest absolute Gasteiger partial charge is 0.385 e. The van der Waals surface area contributed by atoms with Crippen LogP contribution in [0.4, 0.5) is 0 Å². The first-order valence-corrected chi connectivity index (χ1v) is 7.41. The fraction of sp³-hybridized carbons (Fsp3) is 0.929. The van der Waals surface area contributed by atoms with Gasteiger partial charge in [0.05, 0.1) is 6.04 Å². The summed E-state index contributed by atoms with van der Waals surface area (Å²) in [5.74, 6) is 0.103. The highest BCUT2D eigenvalue weighted by atomic mass is 16.5. The van der Waals surface area contributed by atoms with Crippen molar-refractivity contribution in [3.05, 3.63) is 0 Å². The monoisotopic (exact) mass is 271 g/mol. The van der Waals surface area contributed by atoms with Crippen LogP contribution in [0.2, 0.25) is 0 Å². The minimum atomic E-state index is -0.370. The molecule has 0 saturated carbocycles. The Morgan fingerprint density at radius 1 is 1.47 bits per heavy atom. The van der Waals surface area contributed by atoms with Gasteiger partial charge >= 0.3 is 0 Å². The number of likely N-dealkylation sites (N-methyl/N-ethyl adjacent to an activating group) is 1. The summed E-state index contributed by atoms with van der Waals surface area (Å²) in [4.78, 5) is 16.6. The SMILES string of the molecule is CCN(CC)C1CCN(C(=O)C(N)CCCOC)C1. The molecule has 1 fully saturated rings. The number of likely N-dealkylation sites (tertiary alicyclic amines) is 1. The molecule has 5 nitrogen and oxygen atoms in total. The van der Waals surface area contributed by atoms with E-state index >= 15 is 0 Å². The quantitative estimate of drug-likeness (QED) is 0.660. The third-order valence-corrected chi connectivity index (χ3v) is 3.98. The van der Waals surface area contributed by atoms with E-state index < -0.39 is 0 Å². The van der Waals surface area contributed by atoms with E-state index in [-0.39, 0.29) is 11.9 Å². The van der Waals surface area contributed by atoms with Gasteiger partial charge in [-0.1, -0.05) is 13.8 Å². The molecular weight excluding hydrogens is 242 g/mol. The van der Waals surface area contributed by atoms with Crippen LogP contribution in [0.3, 0.4) is 0 Å². The number of nitrogens with two attached hydrogens (primary N) is 1. The van der Waals surface area contributed by atoms with Gasteiger partial charge in [0.1, 0.15) is 0 Å². The summed E-state index contributed by atoms with van der Waals surface area (Å²) in [6.07, 6.45) is 2.62. The van der Waals surface area contributed by atoms with E-state index in [1.54, 1.807) is 7.11 Å². The summed E-state index contributed by atoms with van der Waals surface area (Å²) in [7, 11) is 1.67. The van der Waals surface area contributed by atoms with Gasteiger partial charge in [0.2, 0.25) is 5.91 Å². The van der Waals surface area contributed by atoms with Crippen LogP contribution in [-0.2, 0) is 9.53 Å². The Hall–Kier alpha value is -0.650. The van der Waals surface area contributed by atoms with Crippen LogP contribution in [0.1, 0.15) is 33.1 Å². The average Bonchev–Trinajstić information content (AvgIpc) is 2.89. The van der Waals surface area contributed by atoms with E-state index in [0.29, 0.717) is 19.1 Å². The van der Waals surface area contributed by atoms with Gasteiger partial charge in [0, 0.05) is 32.8 Å². The molecule has 5 heteroatoms. The van der Waals surface area contributed by atoms with Gasteiger partial charge in [-0.15, -0.1) is 0 Å². The highest BCUT2D eigenvalue weighted by Crippen LogP contribution is 2.16. The summed E-state index contributed by atoms with van der Waals surface area (Å²) in [5, 5.41) is 0. The van der Waals surface area contributed by atoms with Gasteiger partial charge in [-0.05, 0) is 32.4 Å². The van der Waals surface area contributed by atoms with Crippen molar-refractivity contribution in [1.29, 1.82) is 0 Å². The molecular formula is C14H29N3O2. The lowest BCUT2D eigenvalue weighted by atomic mass is 10.1. The van der Waals surface area contributed by atoms with Gasteiger partial charge in [0.15, 0.2) is 0 Å². The molecule has 0 aliphatic carbocycles. The fourth-order valence-corrected chi connectivity index (χ4v) is 2.79. The maximum atomic E-state index is 12.2. The number of amides is 1. The number of carbonyl (C=O) groups excluding carboxylic acids is 1. The van der Waals surface area contributed by atoms with Crippen molar-refractivity contribution in [3.63, 3.8) is 0 Å². The van der Waals surface area contributed by atoms with Gasteiger partial charge in [-0.25, -0.2) is 0 Å². The smallest absolute Gasteiger partial charge is 0.239 e. The zero-order valence-electron chi connectivity index (χ0n) is 12.6. The first-order valence-electron chi connectivity index (χ1n) is 7.41. The van der Waals surface area contributed by atoms with Crippen molar-refractivity contribution in [2.45, 2.75) is 45.2 Å². The van der Waals surface area contributed by atoms with Crippen LogP contribution in [-0.4, -0.2) is 67.7 Å². The third-order valence-electron chi connectivity index (χ3n) is 3.98. The minimum Gasteiger partial charge on any atom is -0.385 e. The number of carbonyl (C=O) groups is 1. The molecule has 0 radical (unpaired) electrons. The van der Waals surface area contributed by atoms with Gasteiger partial charge in [0.25, 0.3) is 0 Å². The van der Waals surface area contributed by atoms with E-state index in [1.165, 1.54) is 0 Å². The summed E-state index contributed by atoms with van der Waals surface area (Å²) < 4.78 is 4.99. The van der Waals surface area contributed by atoms with Gasteiger partial charge < -0.3 is 15.4 Å². The molecule has 1 aliphatic heterocycles. The molecule has 0 bridgehead atoms. The molecule has 112 valence electrons. The Morgan fingerprint density at radius 3 is 2.74 bits per heavy atom. The maximum Gasteiger partial charge on any atom is 0.239 e. The average molecular weight is 271 g/mol. The highest BCUT2D eigenvalue weighted by Gasteiger charge is 2.31.